The molecule has 2 nitrogen and oxygen atoms in total. The second-order valence-corrected chi connectivity index (χ2v) is 13.4. The van der Waals surface area contributed by atoms with E-state index < -0.39 is 0 Å². The van der Waals surface area contributed by atoms with Gasteiger partial charge in [-0.05, 0) is 104 Å². The predicted octanol–water partition coefficient (Wildman–Crippen LogP) is 13.9. The first kappa shape index (κ1) is 30.0. The molecule has 52 heavy (non-hydrogen) atoms. The number of para-hydroxylation sites is 2. The van der Waals surface area contributed by atoms with E-state index >= 15 is 0 Å². The zero-order chi connectivity index (χ0) is 34.4. The Morgan fingerprint density at radius 1 is 0.308 bits per heavy atom. The van der Waals surface area contributed by atoms with Gasteiger partial charge in [0.05, 0.1) is 11.0 Å². The third kappa shape index (κ3) is 5.12. The van der Waals surface area contributed by atoms with E-state index in [0.29, 0.717) is 0 Å². The third-order valence-electron chi connectivity index (χ3n) is 10.3. The molecule has 0 saturated carbocycles. The molecule has 10 aromatic rings. The summed E-state index contributed by atoms with van der Waals surface area (Å²) in [7, 11) is 0. The van der Waals surface area contributed by atoms with Crippen LogP contribution in [0, 0.1) is 0 Å². The Balaban J connectivity index is 1.17. The fourth-order valence-electron chi connectivity index (χ4n) is 7.87. The standard InChI is InChI=1S/C50H34N2/c1-2-15-37(16-3-1)48-34-44(51(42-27-25-35-13-4-6-17-38(35)31-42)43-28-26-36-14-5-7-18-39(36)32-43)29-30-45(48)40-19-12-20-41(33-40)52-49-23-10-8-21-46(49)47-22-9-11-24-50(47)52/h1-34H. The molecule has 0 amide bonds. The quantitative estimate of drug-likeness (QED) is 0.172. The van der Waals surface area contributed by atoms with Crippen molar-refractivity contribution in [3.05, 3.63) is 206 Å². The Bertz CT molecular complexity index is 2790. The minimum absolute atomic E-state index is 1.10. The molecule has 0 spiro atoms. The number of nitrogens with zero attached hydrogens (tertiary/aromatic N) is 2. The Kier molecular flexibility index (Phi) is 7.18. The predicted molar refractivity (Wildman–Crippen MR) is 221 cm³/mol. The van der Waals surface area contributed by atoms with Crippen LogP contribution in [0.1, 0.15) is 0 Å². The number of benzene rings is 9. The van der Waals surface area contributed by atoms with Gasteiger partial charge in [-0.1, -0.05) is 146 Å². The van der Waals surface area contributed by atoms with Crippen LogP contribution in [-0.4, -0.2) is 4.57 Å². The Morgan fingerprint density at radius 2 is 0.808 bits per heavy atom. The summed E-state index contributed by atoms with van der Waals surface area (Å²) >= 11 is 0. The van der Waals surface area contributed by atoms with Crippen molar-refractivity contribution in [3.63, 3.8) is 0 Å². The van der Waals surface area contributed by atoms with Gasteiger partial charge in [0.25, 0.3) is 0 Å². The van der Waals surface area contributed by atoms with E-state index in [-0.39, 0.29) is 0 Å². The molecule has 0 unspecified atom stereocenters. The smallest absolute Gasteiger partial charge is 0.0541 e. The fraction of sp³-hybridized carbons (Fsp3) is 0. The van der Waals surface area contributed by atoms with Crippen molar-refractivity contribution in [2.45, 2.75) is 0 Å². The van der Waals surface area contributed by atoms with Gasteiger partial charge in [-0.3, -0.25) is 0 Å². The fourth-order valence-corrected chi connectivity index (χ4v) is 7.87. The van der Waals surface area contributed by atoms with Gasteiger partial charge in [0, 0.05) is 33.5 Å². The first-order valence-corrected chi connectivity index (χ1v) is 17.8. The van der Waals surface area contributed by atoms with Crippen LogP contribution in [0.5, 0.6) is 0 Å². The molecule has 1 heterocycles. The normalized spacial score (nSPS) is 11.5. The van der Waals surface area contributed by atoms with Gasteiger partial charge < -0.3 is 9.47 Å². The van der Waals surface area contributed by atoms with E-state index in [1.54, 1.807) is 0 Å². The van der Waals surface area contributed by atoms with Crippen molar-refractivity contribution in [2.75, 3.05) is 4.90 Å². The van der Waals surface area contributed by atoms with Crippen LogP contribution < -0.4 is 4.90 Å². The summed E-state index contributed by atoms with van der Waals surface area (Å²) in [6.45, 7) is 0. The van der Waals surface area contributed by atoms with E-state index in [2.05, 4.69) is 216 Å². The van der Waals surface area contributed by atoms with Gasteiger partial charge >= 0.3 is 0 Å². The third-order valence-corrected chi connectivity index (χ3v) is 10.3. The second kappa shape index (κ2) is 12.5. The summed E-state index contributed by atoms with van der Waals surface area (Å²) in [5.41, 5.74) is 11.6. The van der Waals surface area contributed by atoms with Crippen LogP contribution in [0.15, 0.2) is 206 Å². The molecule has 0 saturated heterocycles. The molecule has 0 bridgehead atoms. The molecule has 0 aliphatic rings. The first-order chi connectivity index (χ1) is 25.8. The van der Waals surface area contributed by atoms with Crippen molar-refractivity contribution >= 4 is 60.4 Å². The Labute approximate surface area is 303 Å². The zero-order valence-corrected chi connectivity index (χ0v) is 28.5. The number of hydrogen-bond donors (Lipinski definition) is 0. The van der Waals surface area contributed by atoms with E-state index in [1.165, 1.54) is 65.6 Å². The minimum atomic E-state index is 1.10. The highest BCUT2D eigenvalue weighted by Gasteiger charge is 2.18. The second-order valence-electron chi connectivity index (χ2n) is 13.4. The number of aromatic nitrogens is 1. The van der Waals surface area contributed by atoms with Gasteiger partial charge in [-0.2, -0.15) is 0 Å². The molecule has 244 valence electrons. The lowest BCUT2D eigenvalue weighted by atomic mass is 9.93. The van der Waals surface area contributed by atoms with Gasteiger partial charge in [0.1, 0.15) is 0 Å². The van der Waals surface area contributed by atoms with Gasteiger partial charge in [0.15, 0.2) is 0 Å². The molecule has 10 rings (SSSR count). The monoisotopic (exact) mass is 662 g/mol. The van der Waals surface area contributed by atoms with Crippen LogP contribution >= 0.6 is 0 Å². The van der Waals surface area contributed by atoms with Gasteiger partial charge in [-0.25, -0.2) is 0 Å². The molecule has 1 aromatic heterocycles. The molecule has 0 N–H and O–H groups in total. The lowest BCUT2D eigenvalue weighted by Crippen LogP contribution is -2.10. The molecule has 0 aliphatic carbocycles. The van der Waals surface area contributed by atoms with E-state index in [0.717, 1.165) is 22.7 Å². The van der Waals surface area contributed by atoms with Crippen molar-refractivity contribution in [1.82, 2.24) is 4.57 Å². The minimum Gasteiger partial charge on any atom is -0.310 e. The van der Waals surface area contributed by atoms with Crippen molar-refractivity contribution in [1.29, 1.82) is 0 Å². The summed E-state index contributed by atoms with van der Waals surface area (Å²) in [5.74, 6) is 0. The largest absolute Gasteiger partial charge is 0.310 e. The molecule has 9 aromatic carbocycles. The molecular formula is C50H34N2. The SMILES string of the molecule is c1ccc(-c2cc(N(c3ccc4ccccc4c3)c3ccc4ccccc4c3)ccc2-c2cccc(-n3c4ccccc4c4ccccc43)c2)cc1. The van der Waals surface area contributed by atoms with Gasteiger partial charge in [0.2, 0.25) is 0 Å². The maximum absolute atomic E-state index is 2.39. The summed E-state index contributed by atoms with van der Waals surface area (Å²) in [6, 6.07) is 74.8. The Morgan fingerprint density at radius 3 is 1.44 bits per heavy atom. The molecular weight excluding hydrogens is 629 g/mol. The van der Waals surface area contributed by atoms with Crippen molar-refractivity contribution < 1.29 is 0 Å². The highest BCUT2D eigenvalue weighted by atomic mass is 15.1. The van der Waals surface area contributed by atoms with Crippen molar-refractivity contribution in [3.8, 4) is 27.9 Å². The number of fused-ring (bicyclic) bond motifs is 5. The van der Waals surface area contributed by atoms with Crippen LogP contribution in [0.2, 0.25) is 0 Å². The lowest BCUT2D eigenvalue weighted by molar-refractivity contribution is 1.18. The topological polar surface area (TPSA) is 8.17 Å². The average Bonchev–Trinajstić information content (AvgIpc) is 3.56. The van der Waals surface area contributed by atoms with Crippen LogP contribution in [-0.2, 0) is 0 Å². The molecule has 2 heteroatoms. The van der Waals surface area contributed by atoms with Crippen LogP contribution in [0.25, 0.3) is 71.3 Å². The zero-order valence-electron chi connectivity index (χ0n) is 28.5. The summed E-state index contributed by atoms with van der Waals surface area (Å²) in [5, 5.41) is 7.42. The Hall–Kier alpha value is -6.90. The summed E-state index contributed by atoms with van der Waals surface area (Å²) in [4.78, 5) is 2.39. The van der Waals surface area contributed by atoms with Crippen LogP contribution in [0.3, 0.4) is 0 Å². The highest BCUT2D eigenvalue weighted by molar-refractivity contribution is 6.09. The lowest BCUT2D eigenvalue weighted by Gasteiger charge is -2.27. The maximum Gasteiger partial charge on any atom is 0.0541 e. The maximum atomic E-state index is 2.39. The average molecular weight is 663 g/mol. The molecule has 0 atom stereocenters. The molecule has 0 aliphatic heterocycles. The highest BCUT2D eigenvalue weighted by Crippen LogP contribution is 2.43. The molecule has 0 fully saturated rings. The number of hydrogen-bond acceptors (Lipinski definition) is 1. The van der Waals surface area contributed by atoms with Crippen molar-refractivity contribution in [2.24, 2.45) is 0 Å². The first-order valence-electron chi connectivity index (χ1n) is 17.8. The van der Waals surface area contributed by atoms with E-state index in [9.17, 15) is 0 Å². The van der Waals surface area contributed by atoms with E-state index in [1.807, 2.05) is 0 Å². The van der Waals surface area contributed by atoms with Crippen LogP contribution in [0.4, 0.5) is 17.1 Å². The van der Waals surface area contributed by atoms with Gasteiger partial charge in [-0.15, -0.1) is 0 Å². The molecule has 0 radical (unpaired) electrons. The summed E-state index contributed by atoms with van der Waals surface area (Å²) in [6.07, 6.45) is 0. The summed E-state index contributed by atoms with van der Waals surface area (Å²) < 4.78 is 2.39. The van der Waals surface area contributed by atoms with E-state index in [4.69, 9.17) is 0 Å². The number of anilines is 3. The number of rotatable bonds is 6.